The van der Waals surface area contributed by atoms with Gasteiger partial charge in [-0.25, -0.2) is 0 Å². The number of thioether (sulfide) groups is 1. The van der Waals surface area contributed by atoms with Crippen LogP contribution in [-0.4, -0.2) is 43.9 Å². The van der Waals surface area contributed by atoms with Crippen LogP contribution in [0.15, 0.2) is 60.0 Å². The Hall–Kier alpha value is -2.51. The van der Waals surface area contributed by atoms with E-state index >= 15 is 0 Å². The van der Waals surface area contributed by atoms with Crippen molar-refractivity contribution in [1.29, 1.82) is 0 Å². The fraction of sp³-hybridized carbons (Fsp3) is 0.300. The molecule has 1 unspecified atom stereocenters. The Bertz CT molecular complexity index is 891. The van der Waals surface area contributed by atoms with Gasteiger partial charge in [-0.1, -0.05) is 42.1 Å². The number of nitrogens with one attached hydrogen (secondary N) is 1. The third-order valence-corrected chi connectivity index (χ3v) is 5.62. The van der Waals surface area contributed by atoms with Crippen molar-refractivity contribution >= 4 is 17.5 Å². The van der Waals surface area contributed by atoms with Crippen LogP contribution >= 0.6 is 11.8 Å². The maximum Gasteiger partial charge on any atom is 0.192 e. The molecule has 7 heteroatoms. The molecule has 3 aromatic rings. The highest BCUT2D eigenvalue weighted by Gasteiger charge is 2.23. The fourth-order valence-electron chi connectivity index (χ4n) is 3.21. The molecule has 6 nitrogen and oxygen atoms in total. The van der Waals surface area contributed by atoms with Gasteiger partial charge in [0.25, 0.3) is 0 Å². The van der Waals surface area contributed by atoms with Crippen LogP contribution in [0.25, 0.3) is 11.4 Å². The Balaban J connectivity index is 1.58. The van der Waals surface area contributed by atoms with Gasteiger partial charge in [0.1, 0.15) is 0 Å². The van der Waals surface area contributed by atoms with Crippen molar-refractivity contribution in [2.45, 2.75) is 30.6 Å². The predicted octanol–water partition coefficient (Wildman–Crippen LogP) is 2.80. The van der Waals surface area contributed by atoms with Crippen molar-refractivity contribution in [2.24, 2.45) is 0 Å². The van der Waals surface area contributed by atoms with Crippen LogP contribution in [0.5, 0.6) is 0 Å². The largest absolute Gasteiger partial charge is 0.307 e. The Morgan fingerprint density at radius 2 is 1.96 bits per heavy atom. The molecule has 0 amide bonds. The molecule has 1 fully saturated rings. The molecule has 27 heavy (non-hydrogen) atoms. The van der Waals surface area contributed by atoms with Gasteiger partial charge in [0, 0.05) is 18.0 Å². The summed E-state index contributed by atoms with van der Waals surface area (Å²) in [6, 6.07) is 14.0. The molecule has 1 aliphatic heterocycles. The molecular formula is C20H21N5OS. The van der Waals surface area contributed by atoms with Crippen LogP contribution in [0, 0.1) is 0 Å². The molecular weight excluding hydrogens is 358 g/mol. The lowest BCUT2D eigenvalue weighted by Crippen LogP contribution is -2.32. The number of hydrogen-bond donors (Lipinski definition) is 1. The highest BCUT2D eigenvalue weighted by molar-refractivity contribution is 7.99. The summed E-state index contributed by atoms with van der Waals surface area (Å²) >= 11 is 1.46. The minimum absolute atomic E-state index is 0.0114. The molecule has 1 saturated heterocycles. The van der Waals surface area contributed by atoms with Gasteiger partial charge in [-0.2, -0.15) is 0 Å². The number of Topliss-reactive ketones (excluding diaryl/α,β-unsaturated/α-hetero) is 1. The molecule has 0 spiro atoms. The van der Waals surface area contributed by atoms with E-state index in [1.807, 2.05) is 30.3 Å². The van der Waals surface area contributed by atoms with Gasteiger partial charge in [-0.3, -0.25) is 14.3 Å². The topological polar surface area (TPSA) is 72.7 Å². The zero-order valence-corrected chi connectivity index (χ0v) is 15.7. The van der Waals surface area contributed by atoms with Gasteiger partial charge in [0.05, 0.1) is 18.3 Å². The number of nitrogens with zero attached hydrogens (tertiary/aromatic N) is 4. The standard InChI is InChI=1S/C20H21N5OS/c26-18(17-7-4-10-22-17)14-27-20-24-23-19(16-8-11-21-12-9-16)25(20)13-15-5-2-1-3-6-15/h1-3,5-6,8-9,11-12,17,22H,4,7,10,13-14H2. The first-order valence-corrected chi connectivity index (χ1v) is 10.1. The van der Waals surface area contributed by atoms with E-state index in [1.54, 1.807) is 12.4 Å². The summed E-state index contributed by atoms with van der Waals surface area (Å²) in [4.78, 5) is 16.5. The van der Waals surface area contributed by atoms with Gasteiger partial charge in [-0.05, 0) is 37.1 Å². The first kappa shape index (κ1) is 17.9. The lowest BCUT2D eigenvalue weighted by molar-refractivity contribution is -0.118. The number of ketones is 1. The Labute approximate surface area is 162 Å². The predicted molar refractivity (Wildman–Crippen MR) is 106 cm³/mol. The number of rotatable bonds is 7. The maximum atomic E-state index is 12.4. The minimum atomic E-state index is -0.0114. The first-order valence-electron chi connectivity index (χ1n) is 9.07. The van der Waals surface area contributed by atoms with Crippen molar-refractivity contribution in [3.63, 3.8) is 0 Å². The Kier molecular flexibility index (Phi) is 5.60. The quantitative estimate of drug-likeness (QED) is 0.637. The second-order valence-electron chi connectivity index (χ2n) is 6.52. The van der Waals surface area contributed by atoms with Crippen LogP contribution in [0.3, 0.4) is 0 Å². The molecule has 1 N–H and O–H groups in total. The number of aromatic nitrogens is 4. The summed E-state index contributed by atoms with van der Waals surface area (Å²) in [5, 5.41) is 12.8. The van der Waals surface area contributed by atoms with Crippen molar-refractivity contribution in [3.8, 4) is 11.4 Å². The number of carbonyl (C=O) groups is 1. The normalized spacial score (nSPS) is 16.5. The molecule has 1 aromatic carbocycles. The van der Waals surface area contributed by atoms with E-state index in [9.17, 15) is 4.79 Å². The average Bonchev–Trinajstić information content (AvgIpc) is 3.38. The fourth-order valence-corrected chi connectivity index (χ4v) is 4.09. The van der Waals surface area contributed by atoms with Crippen LogP contribution in [0.2, 0.25) is 0 Å². The van der Waals surface area contributed by atoms with Crippen molar-refractivity contribution in [3.05, 3.63) is 60.4 Å². The van der Waals surface area contributed by atoms with E-state index in [2.05, 4.69) is 37.2 Å². The number of pyridine rings is 1. The van der Waals surface area contributed by atoms with Crippen molar-refractivity contribution in [1.82, 2.24) is 25.1 Å². The maximum absolute atomic E-state index is 12.4. The summed E-state index contributed by atoms with van der Waals surface area (Å²) in [6.45, 7) is 1.58. The van der Waals surface area contributed by atoms with E-state index in [0.717, 1.165) is 35.9 Å². The lowest BCUT2D eigenvalue weighted by Gasteiger charge is -2.11. The van der Waals surface area contributed by atoms with Gasteiger partial charge < -0.3 is 5.32 Å². The van der Waals surface area contributed by atoms with Crippen LogP contribution in [0.1, 0.15) is 18.4 Å². The Morgan fingerprint density at radius 3 is 2.70 bits per heavy atom. The van der Waals surface area contributed by atoms with Gasteiger partial charge in [0.2, 0.25) is 0 Å². The SMILES string of the molecule is O=C(CSc1nnc(-c2ccncc2)n1Cc1ccccc1)C1CCCN1. The summed E-state index contributed by atoms with van der Waals surface area (Å²) < 4.78 is 2.07. The molecule has 1 aliphatic rings. The highest BCUT2D eigenvalue weighted by atomic mass is 32.2. The smallest absolute Gasteiger partial charge is 0.192 e. The van der Waals surface area contributed by atoms with E-state index in [4.69, 9.17) is 0 Å². The summed E-state index contributed by atoms with van der Waals surface area (Å²) in [6.07, 6.45) is 5.49. The van der Waals surface area contributed by atoms with E-state index < -0.39 is 0 Å². The average molecular weight is 379 g/mol. The van der Waals surface area contributed by atoms with Crippen LogP contribution in [0.4, 0.5) is 0 Å². The molecule has 138 valence electrons. The molecule has 3 heterocycles. The molecule has 0 aliphatic carbocycles. The summed E-state index contributed by atoms with van der Waals surface area (Å²) in [5.41, 5.74) is 2.13. The third-order valence-electron chi connectivity index (χ3n) is 4.63. The third kappa shape index (κ3) is 4.26. The molecule has 0 bridgehead atoms. The zero-order valence-electron chi connectivity index (χ0n) is 14.9. The van der Waals surface area contributed by atoms with Crippen molar-refractivity contribution < 1.29 is 4.79 Å². The number of hydrogen-bond acceptors (Lipinski definition) is 6. The highest BCUT2D eigenvalue weighted by Crippen LogP contribution is 2.25. The van der Waals surface area contributed by atoms with Gasteiger partial charge in [0.15, 0.2) is 16.8 Å². The van der Waals surface area contributed by atoms with Crippen LogP contribution < -0.4 is 5.32 Å². The van der Waals surface area contributed by atoms with Crippen molar-refractivity contribution in [2.75, 3.05) is 12.3 Å². The first-order chi connectivity index (χ1) is 13.3. The van der Waals surface area contributed by atoms with Gasteiger partial charge in [-0.15, -0.1) is 10.2 Å². The number of carbonyl (C=O) groups excluding carboxylic acids is 1. The molecule has 2 aromatic heterocycles. The molecule has 0 saturated carbocycles. The summed E-state index contributed by atoms with van der Waals surface area (Å²) in [5.74, 6) is 1.42. The second kappa shape index (κ2) is 8.45. The van der Waals surface area contributed by atoms with Crippen LogP contribution in [-0.2, 0) is 11.3 Å². The number of benzene rings is 1. The molecule has 0 radical (unpaired) electrons. The van der Waals surface area contributed by atoms with E-state index in [1.165, 1.54) is 17.3 Å². The second-order valence-corrected chi connectivity index (χ2v) is 7.46. The van der Waals surface area contributed by atoms with E-state index in [0.29, 0.717) is 12.3 Å². The van der Waals surface area contributed by atoms with Gasteiger partial charge >= 0.3 is 0 Å². The molecule has 1 atom stereocenters. The lowest BCUT2D eigenvalue weighted by atomic mass is 10.2. The molecule has 4 rings (SSSR count). The minimum Gasteiger partial charge on any atom is -0.307 e. The summed E-state index contributed by atoms with van der Waals surface area (Å²) in [7, 11) is 0. The zero-order chi connectivity index (χ0) is 18.5. The van der Waals surface area contributed by atoms with E-state index in [-0.39, 0.29) is 11.8 Å². The Morgan fingerprint density at radius 1 is 1.15 bits per heavy atom. The monoisotopic (exact) mass is 379 g/mol.